The molecule has 4 saturated heterocycles. The van der Waals surface area contributed by atoms with Gasteiger partial charge in [-0.1, -0.05) is 70.4 Å². The molecule has 444 valence electrons. The summed E-state index contributed by atoms with van der Waals surface area (Å²) in [6, 6.07) is 0. The fourth-order valence-corrected chi connectivity index (χ4v) is 7.29. The average Bonchev–Trinajstić information content (AvgIpc) is 4.11. The SMILES string of the molecule is CCCCCCCC/C=C\CCCCCCC(CC(O)CO)C(=O)[O-].O=P([O-])([O-])[O-].OC[C@@H](O)[C@H]1OC[C@H](O)[C@H]1O.OC[C@@H](O)[C@H]1OC[C@H](O)[C@H]1O.OC[C@@H](O)[C@H]1OC[C@H](O)[C@H]1O.OC[C@@H](O)[C@H]1OC[C@H](O)[C@H]1O.[Na+].[Na+].[Na+].[Na+]. The van der Waals surface area contributed by atoms with Crippen molar-refractivity contribution in [2.75, 3.05) is 59.5 Å². The summed E-state index contributed by atoms with van der Waals surface area (Å²) in [6.45, 7) is -0.0512. The molecule has 0 aliphatic carbocycles. The molecule has 0 aromatic heterocycles. The summed E-state index contributed by atoms with van der Waals surface area (Å²) in [5.74, 6) is -1.77. The van der Waals surface area contributed by atoms with Crippen LogP contribution in [0.2, 0.25) is 0 Å². The van der Waals surface area contributed by atoms with Crippen molar-refractivity contribution in [2.24, 2.45) is 5.92 Å². The number of allylic oxidation sites excluding steroid dienone is 2. The van der Waals surface area contributed by atoms with Gasteiger partial charge in [0, 0.05) is 11.9 Å². The van der Waals surface area contributed by atoms with Crippen molar-refractivity contribution in [3.05, 3.63) is 12.2 Å². The zero-order valence-corrected chi connectivity index (χ0v) is 54.8. The molecule has 33 heteroatoms. The Kier molecular flexibility index (Phi) is 64.4. The quantitative estimate of drug-likeness (QED) is 0.0165. The summed E-state index contributed by atoms with van der Waals surface area (Å²) >= 11 is 0. The van der Waals surface area contributed by atoms with Gasteiger partial charge in [-0.25, -0.2) is 0 Å². The van der Waals surface area contributed by atoms with Crippen LogP contribution in [-0.4, -0.2) is 261 Å². The molecular formula is C45H87Na4O28P. The van der Waals surface area contributed by atoms with E-state index in [1.165, 1.54) is 44.9 Å². The van der Waals surface area contributed by atoms with Gasteiger partial charge in [-0.15, -0.1) is 0 Å². The van der Waals surface area contributed by atoms with Crippen LogP contribution in [0.15, 0.2) is 12.2 Å². The fourth-order valence-electron chi connectivity index (χ4n) is 7.29. The number of hydrogen-bond donors (Lipinski definition) is 18. The van der Waals surface area contributed by atoms with Crippen LogP contribution < -0.4 is 138 Å². The smallest absolute Gasteiger partial charge is 0.822 e. The second kappa shape index (κ2) is 54.8. The van der Waals surface area contributed by atoms with Gasteiger partial charge < -0.3 is 140 Å². The van der Waals surface area contributed by atoms with E-state index in [-0.39, 0.29) is 151 Å². The Morgan fingerprint density at radius 1 is 0.487 bits per heavy atom. The molecule has 0 radical (unpaired) electrons. The van der Waals surface area contributed by atoms with Gasteiger partial charge in [-0.3, -0.25) is 0 Å². The number of aliphatic hydroxyl groups is 18. The number of ether oxygens (including phenoxy) is 4. The second-order valence-electron chi connectivity index (χ2n) is 18.0. The molecule has 0 spiro atoms. The Morgan fingerprint density at radius 2 is 0.744 bits per heavy atom. The Bertz CT molecular complexity index is 1310. The standard InChI is InChI=1S/C21H40O4.4C6H12O5.4Na.H3O4P/c1-2-3-4-5-6-7-8-9-10-11-12-13-14-15-16-19(21(24)25)17-20(23)18-22;4*7-1-3(8)6-5(10)4(9)2-11-6;;;;;1-5(2,3)4/h9-10,19-20,22-23H,2-8,11-18H2,1H3,(H,24,25);4*3-10H,1-2H2;;;;;(H3,1,2,3,4)/q;;;;;4*+1;/p-4/b10-9-;;;;;;;;;/t;4*3-,4+,5-,6-;;;;;/m.1111...../s1. The van der Waals surface area contributed by atoms with Crippen molar-refractivity contribution < 1.29 is 258 Å². The summed E-state index contributed by atoms with van der Waals surface area (Å²) in [4.78, 5) is 36.6. The predicted octanol–water partition coefficient (Wildman–Crippen LogP) is -21.2. The molecule has 0 aromatic rings. The first-order valence-corrected chi connectivity index (χ1v) is 26.2. The molecule has 4 aliphatic heterocycles. The number of carbonyl (C=O) groups is 1. The molecular weight excluding hydrogens is 1110 g/mol. The molecule has 78 heavy (non-hydrogen) atoms. The van der Waals surface area contributed by atoms with E-state index >= 15 is 0 Å². The molecule has 18 atom stereocenters. The molecule has 4 fully saturated rings. The number of carbonyl (C=O) groups excluding carboxylic acids is 1. The summed E-state index contributed by atoms with van der Waals surface area (Å²) < 4.78 is 27.8. The number of aliphatic carboxylic acids is 1. The van der Waals surface area contributed by atoms with E-state index < -0.39 is 157 Å². The summed E-state index contributed by atoms with van der Waals surface area (Å²) in [5.41, 5.74) is 0. The van der Waals surface area contributed by atoms with Crippen molar-refractivity contribution >= 4 is 13.8 Å². The Balaban J connectivity index is -0.000000210. The first-order valence-electron chi connectivity index (χ1n) is 24.7. The van der Waals surface area contributed by atoms with Crippen LogP contribution >= 0.6 is 7.82 Å². The molecule has 0 saturated carbocycles. The molecule has 0 bridgehead atoms. The summed E-state index contributed by atoms with van der Waals surface area (Å²) in [6.07, 6.45) is 2.44. The molecule has 4 heterocycles. The van der Waals surface area contributed by atoms with Crippen LogP contribution in [-0.2, 0) is 28.3 Å². The van der Waals surface area contributed by atoms with E-state index in [9.17, 15) is 15.0 Å². The van der Waals surface area contributed by atoms with E-state index in [0.717, 1.165) is 32.1 Å². The van der Waals surface area contributed by atoms with Gasteiger partial charge in [-0.2, -0.15) is 7.82 Å². The molecule has 0 aromatic carbocycles. The van der Waals surface area contributed by atoms with Gasteiger partial charge in [-0.05, 0) is 38.5 Å². The third kappa shape index (κ3) is 43.1. The monoisotopic (exact) mass is 1200 g/mol. The van der Waals surface area contributed by atoms with Gasteiger partial charge in [0.15, 0.2) is 0 Å². The van der Waals surface area contributed by atoms with Crippen LogP contribution in [0.4, 0.5) is 0 Å². The molecule has 4 aliphatic rings. The van der Waals surface area contributed by atoms with Crippen LogP contribution in [0, 0.1) is 5.92 Å². The van der Waals surface area contributed by atoms with Crippen molar-refractivity contribution in [1.82, 2.24) is 0 Å². The van der Waals surface area contributed by atoms with Gasteiger partial charge in [0.25, 0.3) is 0 Å². The van der Waals surface area contributed by atoms with E-state index in [4.69, 9.17) is 125 Å². The fraction of sp³-hybridized carbons (Fsp3) is 0.933. The van der Waals surface area contributed by atoms with Crippen LogP contribution in [0.25, 0.3) is 0 Å². The third-order valence-corrected chi connectivity index (χ3v) is 11.7. The Morgan fingerprint density at radius 3 is 0.962 bits per heavy atom. The minimum Gasteiger partial charge on any atom is -0.822 e. The van der Waals surface area contributed by atoms with E-state index in [0.29, 0.717) is 6.42 Å². The van der Waals surface area contributed by atoms with E-state index in [2.05, 4.69) is 19.1 Å². The number of phosphoric acid groups is 1. The number of unbranched alkanes of at least 4 members (excludes halogenated alkanes) is 10. The first kappa shape index (κ1) is 91.6. The predicted molar refractivity (Wildman–Crippen MR) is 248 cm³/mol. The van der Waals surface area contributed by atoms with Crippen LogP contribution in [0.5, 0.6) is 0 Å². The van der Waals surface area contributed by atoms with Crippen molar-refractivity contribution in [1.29, 1.82) is 0 Å². The normalized spacial score (nSPS) is 28.3. The van der Waals surface area contributed by atoms with Gasteiger partial charge >= 0.3 is 118 Å². The summed E-state index contributed by atoms with van der Waals surface area (Å²) in [7, 11) is -5.39. The molecule has 18 N–H and O–H groups in total. The molecule has 28 nitrogen and oxygen atoms in total. The zero-order valence-electron chi connectivity index (χ0n) is 45.9. The van der Waals surface area contributed by atoms with Gasteiger partial charge in [0.2, 0.25) is 0 Å². The first-order chi connectivity index (χ1) is 34.8. The van der Waals surface area contributed by atoms with E-state index in [1.807, 2.05) is 0 Å². The number of aliphatic hydroxyl groups excluding tert-OH is 18. The van der Waals surface area contributed by atoms with Gasteiger partial charge in [0.05, 0.1) is 65.6 Å². The average molecular weight is 1200 g/mol. The molecule has 2 unspecified atom stereocenters. The molecule has 4 rings (SSSR count). The largest absolute Gasteiger partial charge is 1.00 e. The third-order valence-electron chi connectivity index (χ3n) is 11.7. The number of carboxylic acids is 1. The Labute approximate surface area is 544 Å². The van der Waals surface area contributed by atoms with Gasteiger partial charge in [0.1, 0.15) is 97.7 Å². The number of carboxylic acid groups (broad SMARTS) is 1. The Hall–Kier alpha value is 2.44. The maximum absolute atomic E-state index is 11.0. The minimum absolute atomic E-state index is 0. The second-order valence-corrected chi connectivity index (χ2v) is 18.9. The minimum atomic E-state index is -5.39. The maximum Gasteiger partial charge on any atom is 1.00 e. The van der Waals surface area contributed by atoms with Crippen LogP contribution in [0.3, 0.4) is 0 Å². The van der Waals surface area contributed by atoms with Crippen molar-refractivity contribution in [2.45, 2.75) is 201 Å². The summed E-state index contributed by atoms with van der Waals surface area (Å²) in [5, 5.41) is 171. The maximum atomic E-state index is 11.0. The van der Waals surface area contributed by atoms with Crippen molar-refractivity contribution in [3.63, 3.8) is 0 Å². The zero-order chi connectivity index (χ0) is 57.0. The van der Waals surface area contributed by atoms with E-state index in [1.54, 1.807) is 0 Å². The topological polar surface area (TPSA) is 527 Å². The number of rotatable bonds is 26. The molecule has 0 amide bonds. The van der Waals surface area contributed by atoms with Crippen LogP contribution in [0.1, 0.15) is 96.8 Å². The van der Waals surface area contributed by atoms with Crippen molar-refractivity contribution in [3.8, 4) is 0 Å². The number of hydrogen-bond acceptors (Lipinski definition) is 28.